The van der Waals surface area contributed by atoms with E-state index in [1.807, 2.05) is 6.92 Å². The first-order valence-corrected chi connectivity index (χ1v) is 6.79. The van der Waals surface area contributed by atoms with Gasteiger partial charge in [0.25, 0.3) is 0 Å². The number of hydrogen-bond acceptors (Lipinski definition) is 3. The van der Waals surface area contributed by atoms with Crippen LogP contribution in [0.4, 0.5) is 0 Å². The van der Waals surface area contributed by atoms with Crippen molar-refractivity contribution in [1.82, 2.24) is 10.2 Å². The predicted octanol–water partition coefficient (Wildman–Crippen LogP) is 0.959. The number of hydrogen-bond donors (Lipinski definition) is 2. The van der Waals surface area contributed by atoms with E-state index in [0.29, 0.717) is 12.0 Å². The highest BCUT2D eigenvalue weighted by molar-refractivity contribution is 5.81. The van der Waals surface area contributed by atoms with E-state index in [1.54, 1.807) is 0 Å². The van der Waals surface area contributed by atoms with Crippen LogP contribution >= 0.6 is 0 Å². The van der Waals surface area contributed by atoms with Crippen LogP contribution in [0.3, 0.4) is 0 Å². The standard InChI is InChI=1S/C13H27N3O/c1-5-11(6-2)15-13(17)10(4)16-7-9(3)12(14)8-16/h9-12H,5-8,14H2,1-4H3,(H,15,17). The van der Waals surface area contributed by atoms with Gasteiger partial charge in [0.05, 0.1) is 6.04 Å². The maximum Gasteiger partial charge on any atom is 0.237 e. The molecule has 4 heteroatoms. The molecule has 0 aromatic rings. The fourth-order valence-corrected chi connectivity index (χ4v) is 2.33. The molecule has 0 spiro atoms. The predicted molar refractivity (Wildman–Crippen MR) is 70.7 cm³/mol. The molecule has 1 aliphatic rings. The van der Waals surface area contributed by atoms with Gasteiger partial charge in [-0.25, -0.2) is 0 Å². The third-order valence-electron chi connectivity index (χ3n) is 3.96. The molecule has 1 fully saturated rings. The molecule has 1 saturated heterocycles. The molecule has 1 rings (SSSR count). The topological polar surface area (TPSA) is 58.4 Å². The number of carbonyl (C=O) groups excluding carboxylic acids is 1. The van der Waals surface area contributed by atoms with E-state index >= 15 is 0 Å². The van der Waals surface area contributed by atoms with Gasteiger partial charge in [-0.1, -0.05) is 20.8 Å². The van der Waals surface area contributed by atoms with Crippen LogP contribution in [0.2, 0.25) is 0 Å². The van der Waals surface area contributed by atoms with Gasteiger partial charge in [-0.05, 0) is 25.7 Å². The van der Waals surface area contributed by atoms with Gasteiger partial charge >= 0.3 is 0 Å². The Morgan fingerprint density at radius 3 is 2.41 bits per heavy atom. The summed E-state index contributed by atoms with van der Waals surface area (Å²) in [6, 6.07) is 0.448. The van der Waals surface area contributed by atoms with E-state index in [0.717, 1.165) is 25.9 Å². The van der Waals surface area contributed by atoms with Crippen molar-refractivity contribution in [3.05, 3.63) is 0 Å². The molecule has 0 aromatic carbocycles. The first-order chi connectivity index (χ1) is 7.99. The zero-order chi connectivity index (χ0) is 13.0. The summed E-state index contributed by atoms with van der Waals surface area (Å²) in [7, 11) is 0. The molecule has 0 saturated carbocycles. The Morgan fingerprint density at radius 2 is 2.00 bits per heavy atom. The van der Waals surface area contributed by atoms with Crippen molar-refractivity contribution in [3.8, 4) is 0 Å². The zero-order valence-corrected chi connectivity index (χ0v) is 11.6. The molecule has 17 heavy (non-hydrogen) atoms. The minimum atomic E-state index is -0.0633. The highest BCUT2D eigenvalue weighted by Gasteiger charge is 2.32. The summed E-state index contributed by atoms with van der Waals surface area (Å²) in [5.41, 5.74) is 5.99. The fraction of sp³-hybridized carbons (Fsp3) is 0.923. The normalized spacial score (nSPS) is 27.4. The third kappa shape index (κ3) is 3.68. The van der Waals surface area contributed by atoms with Crippen LogP contribution in [0.1, 0.15) is 40.5 Å². The Bertz CT molecular complexity index is 243. The molecule has 3 atom stereocenters. The maximum atomic E-state index is 12.1. The van der Waals surface area contributed by atoms with Crippen molar-refractivity contribution >= 4 is 5.91 Å². The van der Waals surface area contributed by atoms with Gasteiger partial charge in [0.1, 0.15) is 0 Å². The van der Waals surface area contributed by atoms with Crippen molar-refractivity contribution in [1.29, 1.82) is 0 Å². The summed E-state index contributed by atoms with van der Waals surface area (Å²) in [6.45, 7) is 10.1. The van der Waals surface area contributed by atoms with Crippen LogP contribution in [-0.4, -0.2) is 42.0 Å². The van der Waals surface area contributed by atoms with Crippen molar-refractivity contribution in [3.63, 3.8) is 0 Å². The van der Waals surface area contributed by atoms with E-state index in [-0.39, 0.29) is 18.0 Å². The van der Waals surface area contributed by atoms with Gasteiger partial charge < -0.3 is 11.1 Å². The molecular formula is C13H27N3O. The van der Waals surface area contributed by atoms with Crippen molar-refractivity contribution < 1.29 is 4.79 Å². The zero-order valence-electron chi connectivity index (χ0n) is 11.6. The van der Waals surface area contributed by atoms with E-state index < -0.39 is 0 Å². The number of carbonyl (C=O) groups is 1. The van der Waals surface area contributed by atoms with E-state index in [4.69, 9.17) is 5.73 Å². The van der Waals surface area contributed by atoms with Gasteiger partial charge in [-0.2, -0.15) is 0 Å². The van der Waals surface area contributed by atoms with Crippen LogP contribution in [0.15, 0.2) is 0 Å². The Kier molecular flexibility index (Phi) is 5.40. The maximum absolute atomic E-state index is 12.1. The second-order valence-corrected chi connectivity index (χ2v) is 5.29. The van der Waals surface area contributed by atoms with Gasteiger partial charge in [-0.3, -0.25) is 9.69 Å². The molecule has 1 heterocycles. The Hall–Kier alpha value is -0.610. The van der Waals surface area contributed by atoms with Crippen LogP contribution in [0, 0.1) is 5.92 Å². The highest BCUT2D eigenvalue weighted by Crippen LogP contribution is 2.17. The smallest absolute Gasteiger partial charge is 0.237 e. The summed E-state index contributed by atoms with van der Waals surface area (Å²) < 4.78 is 0. The average molecular weight is 241 g/mol. The lowest BCUT2D eigenvalue weighted by Crippen LogP contribution is -2.47. The fourth-order valence-electron chi connectivity index (χ4n) is 2.33. The SMILES string of the molecule is CCC(CC)NC(=O)C(C)N1CC(C)C(N)C1. The second-order valence-electron chi connectivity index (χ2n) is 5.29. The number of nitrogens with one attached hydrogen (secondary N) is 1. The van der Waals surface area contributed by atoms with Gasteiger partial charge in [-0.15, -0.1) is 0 Å². The highest BCUT2D eigenvalue weighted by atomic mass is 16.2. The van der Waals surface area contributed by atoms with Crippen molar-refractivity contribution in [2.45, 2.75) is 58.7 Å². The third-order valence-corrected chi connectivity index (χ3v) is 3.96. The quantitative estimate of drug-likeness (QED) is 0.754. The van der Waals surface area contributed by atoms with Crippen LogP contribution in [-0.2, 0) is 4.79 Å². The molecule has 0 aliphatic carbocycles. The number of amides is 1. The lowest BCUT2D eigenvalue weighted by atomic mass is 10.1. The van der Waals surface area contributed by atoms with Crippen molar-refractivity contribution in [2.24, 2.45) is 11.7 Å². The molecule has 0 bridgehead atoms. The van der Waals surface area contributed by atoms with Crippen LogP contribution in [0.25, 0.3) is 0 Å². The number of nitrogens with two attached hydrogens (primary N) is 1. The molecule has 4 nitrogen and oxygen atoms in total. The Morgan fingerprint density at radius 1 is 1.41 bits per heavy atom. The number of nitrogens with zero attached hydrogens (tertiary/aromatic N) is 1. The van der Waals surface area contributed by atoms with Crippen LogP contribution < -0.4 is 11.1 Å². The molecule has 1 amide bonds. The monoisotopic (exact) mass is 241 g/mol. The van der Waals surface area contributed by atoms with Gasteiger partial charge in [0, 0.05) is 25.2 Å². The molecular weight excluding hydrogens is 214 g/mol. The van der Waals surface area contributed by atoms with Crippen LogP contribution in [0.5, 0.6) is 0 Å². The van der Waals surface area contributed by atoms with E-state index in [2.05, 4.69) is 31.0 Å². The first kappa shape index (κ1) is 14.5. The number of rotatable bonds is 5. The molecule has 3 unspecified atom stereocenters. The molecule has 100 valence electrons. The largest absolute Gasteiger partial charge is 0.352 e. The molecule has 0 aromatic heterocycles. The van der Waals surface area contributed by atoms with Gasteiger partial charge in [0.2, 0.25) is 5.91 Å². The minimum Gasteiger partial charge on any atom is -0.352 e. The summed E-state index contributed by atoms with van der Waals surface area (Å²) in [6.07, 6.45) is 1.98. The summed E-state index contributed by atoms with van der Waals surface area (Å²) >= 11 is 0. The number of likely N-dealkylation sites (tertiary alicyclic amines) is 1. The second kappa shape index (κ2) is 6.36. The summed E-state index contributed by atoms with van der Waals surface area (Å²) in [4.78, 5) is 14.3. The van der Waals surface area contributed by atoms with Gasteiger partial charge in [0.15, 0.2) is 0 Å². The Balaban J connectivity index is 2.47. The lowest BCUT2D eigenvalue weighted by Gasteiger charge is -2.25. The van der Waals surface area contributed by atoms with E-state index in [1.165, 1.54) is 0 Å². The van der Waals surface area contributed by atoms with Crippen molar-refractivity contribution in [2.75, 3.05) is 13.1 Å². The minimum absolute atomic E-state index is 0.0633. The summed E-state index contributed by atoms with van der Waals surface area (Å²) in [5, 5.41) is 3.10. The first-order valence-electron chi connectivity index (χ1n) is 6.79. The Labute approximate surface area is 105 Å². The molecule has 0 radical (unpaired) electrons. The average Bonchev–Trinajstić information content (AvgIpc) is 2.65. The van der Waals surface area contributed by atoms with E-state index in [9.17, 15) is 4.79 Å². The molecule has 3 N–H and O–H groups in total. The molecule has 1 aliphatic heterocycles. The summed E-state index contributed by atoms with van der Waals surface area (Å²) in [5.74, 6) is 0.624. The lowest BCUT2D eigenvalue weighted by molar-refractivity contribution is -0.126.